The van der Waals surface area contributed by atoms with Gasteiger partial charge in [0.05, 0.1) is 22.4 Å². The van der Waals surface area contributed by atoms with Gasteiger partial charge in [-0.3, -0.25) is 4.68 Å². The van der Waals surface area contributed by atoms with E-state index in [1.807, 2.05) is 43.3 Å². The van der Waals surface area contributed by atoms with Crippen LogP contribution in [0.15, 0.2) is 48.5 Å². The number of aromatic nitrogens is 4. The Morgan fingerprint density at radius 2 is 1.81 bits per heavy atom. The van der Waals surface area contributed by atoms with Crippen molar-refractivity contribution in [3.8, 4) is 22.6 Å². The van der Waals surface area contributed by atoms with Crippen molar-refractivity contribution in [2.75, 3.05) is 0 Å². The number of nitrogens with zero attached hydrogens (tertiary/aromatic N) is 3. The number of rotatable bonds is 2. The third-order valence-corrected chi connectivity index (χ3v) is 4.34. The highest BCUT2D eigenvalue weighted by Crippen LogP contribution is 2.32. The molecular weight excluding hydrogens is 341 g/mol. The van der Waals surface area contributed by atoms with Crippen LogP contribution in [0.2, 0.25) is 0 Å². The molecule has 1 aromatic carbocycles. The van der Waals surface area contributed by atoms with E-state index in [-0.39, 0.29) is 0 Å². The van der Waals surface area contributed by atoms with Crippen LogP contribution in [0.1, 0.15) is 11.3 Å². The predicted molar refractivity (Wildman–Crippen MR) is 93.5 cm³/mol. The van der Waals surface area contributed by atoms with Crippen LogP contribution < -0.4 is 0 Å². The van der Waals surface area contributed by atoms with E-state index in [0.717, 1.165) is 28.4 Å². The van der Waals surface area contributed by atoms with Gasteiger partial charge < -0.3 is 4.98 Å². The molecule has 26 heavy (non-hydrogen) atoms. The van der Waals surface area contributed by atoms with E-state index in [4.69, 9.17) is 0 Å². The minimum absolute atomic E-state index is 0.317. The summed E-state index contributed by atoms with van der Waals surface area (Å²) >= 11 is 0. The number of fused-ring (bicyclic) bond motifs is 1. The lowest BCUT2D eigenvalue weighted by atomic mass is 10.1. The van der Waals surface area contributed by atoms with Crippen molar-refractivity contribution in [2.24, 2.45) is 7.05 Å². The van der Waals surface area contributed by atoms with Crippen LogP contribution in [-0.4, -0.2) is 19.7 Å². The molecule has 0 saturated carbocycles. The van der Waals surface area contributed by atoms with E-state index in [1.165, 1.54) is 11.7 Å². The average molecular weight is 356 g/mol. The molecule has 4 nitrogen and oxygen atoms in total. The van der Waals surface area contributed by atoms with Gasteiger partial charge in [0.2, 0.25) is 0 Å². The third-order valence-electron chi connectivity index (χ3n) is 4.34. The molecule has 7 heteroatoms. The minimum atomic E-state index is -4.48. The maximum atomic E-state index is 12.9. The maximum Gasteiger partial charge on any atom is 0.435 e. The quantitative estimate of drug-likeness (QED) is 0.552. The number of benzene rings is 1. The number of aryl methyl sites for hydroxylation is 2. The summed E-state index contributed by atoms with van der Waals surface area (Å²) in [4.78, 5) is 7.83. The van der Waals surface area contributed by atoms with Crippen LogP contribution in [0.5, 0.6) is 0 Å². The first-order valence-corrected chi connectivity index (χ1v) is 8.00. The first-order valence-electron chi connectivity index (χ1n) is 8.00. The summed E-state index contributed by atoms with van der Waals surface area (Å²) in [7, 11) is 1.48. The molecular formula is C19H15F3N4. The molecule has 0 aliphatic carbocycles. The monoisotopic (exact) mass is 356 g/mol. The third kappa shape index (κ3) is 2.75. The Kier molecular flexibility index (Phi) is 3.61. The number of H-pyrrole nitrogens is 1. The van der Waals surface area contributed by atoms with Gasteiger partial charge in [-0.15, -0.1) is 0 Å². The van der Waals surface area contributed by atoms with E-state index in [0.29, 0.717) is 16.9 Å². The highest BCUT2D eigenvalue weighted by atomic mass is 19.4. The van der Waals surface area contributed by atoms with Crippen molar-refractivity contribution in [1.82, 2.24) is 19.7 Å². The molecule has 3 aromatic heterocycles. The van der Waals surface area contributed by atoms with Crippen molar-refractivity contribution in [1.29, 1.82) is 0 Å². The molecule has 0 atom stereocenters. The molecule has 0 amide bonds. The number of hydrogen-bond acceptors (Lipinski definition) is 2. The lowest BCUT2D eigenvalue weighted by Crippen LogP contribution is -2.06. The minimum Gasteiger partial charge on any atom is -0.353 e. The number of hydrogen-bond donors (Lipinski definition) is 1. The summed E-state index contributed by atoms with van der Waals surface area (Å²) in [5.41, 5.74) is 4.46. The van der Waals surface area contributed by atoms with Gasteiger partial charge in [-0.25, -0.2) is 4.98 Å². The van der Waals surface area contributed by atoms with Crippen molar-refractivity contribution in [3.05, 3.63) is 59.8 Å². The molecule has 1 N–H and O–H groups in total. The maximum absolute atomic E-state index is 12.9. The molecule has 0 radical (unpaired) electrons. The summed E-state index contributed by atoms with van der Waals surface area (Å²) in [6.45, 7) is 2.02. The normalized spacial score (nSPS) is 12.0. The number of pyridine rings is 1. The lowest BCUT2D eigenvalue weighted by molar-refractivity contribution is -0.141. The Labute approximate surface area is 147 Å². The van der Waals surface area contributed by atoms with Gasteiger partial charge in [0.25, 0.3) is 0 Å². The predicted octanol–water partition coefficient (Wildman–Crippen LogP) is 4.96. The fourth-order valence-electron chi connectivity index (χ4n) is 3.02. The number of aromatic amines is 1. The summed E-state index contributed by atoms with van der Waals surface area (Å²) in [6.07, 6.45) is -4.48. The van der Waals surface area contributed by atoms with Crippen LogP contribution in [0, 0.1) is 6.92 Å². The molecule has 0 unspecified atom stereocenters. The van der Waals surface area contributed by atoms with E-state index in [2.05, 4.69) is 15.1 Å². The van der Waals surface area contributed by atoms with E-state index >= 15 is 0 Å². The highest BCUT2D eigenvalue weighted by Gasteiger charge is 2.34. The van der Waals surface area contributed by atoms with Crippen LogP contribution in [-0.2, 0) is 13.2 Å². The van der Waals surface area contributed by atoms with Gasteiger partial charge in [0.1, 0.15) is 0 Å². The van der Waals surface area contributed by atoms with Crippen molar-refractivity contribution >= 4 is 11.0 Å². The zero-order chi connectivity index (χ0) is 18.5. The Bertz CT molecular complexity index is 1110. The number of nitrogens with one attached hydrogen (secondary N) is 1. The Hall–Kier alpha value is -3.09. The second-order valence-electron chi connectivity index (χ2n) is 6.16. The van der Waals surface area contributed by atoms with Gasteiger partial charge in [0.15, 0.2) is 5.69 Å². The van der Waals surface area contributed by atoms with E-state index in [1.54, 1.807) is 6.07 Å². The van der Waals surface area contributed by atoms with Gasteiger partial charge in [-0.05, 0) is 36.8 Å². The van der Waals surface area contributed by atoms with Crippen molar-refractivity contribution in [3.63, 3.8) is 0 Å². The van der Waals surface area contributed by atoms with E-state index in [9.17, 15) is 13.2 Å². The van der Waals surface area contributed by atoms with Crippen LogP contribution in [0.25, 0.3) is 33.7 Å². The Balaban J connectivity index is 1.80. The molecule has 0 aliphatic rings. The molecule has 0 aliphatic heterocycles. The summed E-state index contributed by atoms with van der Waals surface area (Å²) < 4.78 is 39.8. The summed E-state index contributed by atoms with van der Waals surface area (Å²) in [5.74, 6) is 0. The Morgan fingerprint density at radius 3 is 2.50 bits per heavy atom. The molecule has 132 valence electrons. The fourth-order valence-corrected chi connectivity index (χ4v) is 3.02. The SMILES string of the molecule is Cc1ccccc1-c1cc2nc(-c3cc(C(F)(F)F)nn3C)ccc2[nH]1. The molecule has 0 fully saturated rings. The molecule has 0 spiro atoms. The standard InChI is InChI=1S/C19H15F3N4/c1-11-5-3-4-6-12(11)15-9-16-13(23-15)7-8-14(24-16)17-10-18(19(20,21)22)25-26(17)2/h3-10,23H,1-2H3. The van der Waals surface area contributed by atoms with Gasteiger partial charge in [0, 0.05) is 18.3 Å². The molecule has 0 bridgehead atoms. The van der Waals surface area contributed by atoms with E-state index < -0.39 is 11.9 Å². The van der Waals surface area contributed by atoms with Gasteiger partial charge in [-0.2, -0.15) is 18.3 Å². The zero-order valence-corrected chi connectivity index (χ0v) is 14.1. The van der Waals surface area contributed by atoms with Crippen LogP contribution in [0.3, 0.4) is 0 Å². The summed E-state index contributed by atoms with van der Waals surface area (Å²) in [5, 5.41) is 3.55. The molecule has 4 aromatic rings. The second kappa shape index (κ2) is 5.72. The fraction of sp³-hybridized carbons (Fsp3) is 0.158. The zero-order valence-electron chi connectivity index (χ0n) is 14.1. The number of halogens is 3. The molecule has 0 saturated heterocycles. The van der Waals surface area contributed by atoms with Gasteiger partial charge in [-0.1, -0.05) is 24.3 Å². The van der Waals surface area contributed by atoms with Gasteiger partial charge >= 0.3 is 6.18 Å². The van der Waals surface area contributed by atoms with Crippen molar-refractivity contribution in [2.45, 2.75) is 13.1 Å². The largest absolute Gasteiger partial charge is 0.435 e. The highest BCUT2D eigenvalue weighted by molar-refractivity contribution is 5.85. The van der Waals surface area contributed by atoms with Crippen LogP contribution >= 0.6 is 0 Å². The summed E-state index contributed by atoms with van der Waals surface area (Å²) in [6, 6.07) is 14.4. The first kappa shape index (κ1) is 16.4. The Morgan fingerprint density at radius 1 is 1.04 bits per heavy atom. The van der Waals surface area contributed by atoms with Crippen LogP contribution in [0.4, 0.5) is 13.2 Å². The first-order chi connectivity index (χ1) is 12.3. The second-order valence-corrected chi connectivity index (χ2v) is 6.16. The lowest BCUT2D eigenvalue weighted by Gasteiger charge is -2.01. The average Bonchev–Trinajstić information content (AvgIpc) is 3.17. The van der Waals surface area contributed by atoms with Crippen molar-refractivity contribution < 1.29 is 13.2 Å². The number of alkyl halides is 3. The molecule has 3 heterocycles. The topological polar surface area (TPSA) is 46.5 Å². The molecule has 4 rings (SSSR count). The smallest absolute Gasteiger partial charge is 0.353 e.